The Kier molecular flexibility index (Phi) is 3.63. The predicted octanol–water partition coefficient (Wildman–Crippen LogP) is 1.13. The summed E-state index contributed by atoms with van der Waals surface area (Å²) in [5.74, 6) is -1.01. The molecule has 1 aromatic heterocycles. The zero-order valence-electron chi connectivity index (χ0n) is 8.34. The standard InChI is InChI=1S/C10H11N3O2/c1-13(6-2-4-11)9-3-5-12-7-8(9)10(14)15/h3,5,7H,2,6H2,1H3,(H,14,15). The van der Waals surface area contributed by atoms with Crippen molar-refractivity contribution in [2.45, 2.75) is 6.42 Å². The Morgan fingerprint density at radius 3 is 3.07 bits per heavy atom. The van der Waals surface area contributed by atoms with E-state index in [-0.39, 0.29) is 5.56 Å². The number of aromatic nitrogens is 1. The lowest BCUT2D eigenvalue weighted by atomic mass is 10.2. The van der Waals surface area contributed by atoms with Crippen LogP contribution in [0.4, 0.5) is 5.69 Å². The molecule has 0 saturated carbocycles. The summed E-state index contributed by atoms with van der Waals surface area (Å²) in [5, 5.41) is 17.3. The molecule has 5 heteroatoms. The lowest BCUT2D eigenvalue weighted by Crippen LogP contribution is -2.20. The van der Waals surface area contributed by atoms with Gasteiger partial charge in [0.05, 0.1) is 18.2 Å². The third kappa shape index (κ3) is 2.68. The molecular weight excluding hydrogens is 194 g/mol. The van der Waals surface area contributed by atoms with Crippen LogP contribution in [0.2, 0.25) is 0 Å². The topological polar surface area (TPSA) is 77.2 Å². The van der Waals surface area contributed by atoms with Crippen LogP contribution in [0.5, 0.6) is 0 Å². The second-order valence-corrected chi connectivity index (χ2v) is 3.03. The van der Waals surface area contributed by atoms with Gasteiger partial charge >= 0.3 is 5.97 Å². The maximum Gasteiger partial charge on any atom is 0.339 e. The molecular formula is C10H11N3O2. The summed E-state index contributed by atoms with van der Waals surface area (Å²) in [6.45, 7) is 0.501. The number of carboxylic acid groups (broad SMARTS) is 1. The van der Waals surface area contributed by atoms with Gasteiger partial charge in [0.25, 0.3) is 0 Å². The molecule has 0 bridgehead atoms. The molecule has 0 aromatic carbocycles. The molecule has 0 unspecified atom stereocenters. The smallest absolute Gasteiger partial charge is 0.339 e. The number of hydrogen-bond acceptors (Lipinski definition) is 4. The van der Waals surface area contributed by atoms with Crippen molar-refractivity contribution in [1.82, 2.24) is 4.98 Å². The number of aromatic carboxylic acids is 1. The molecule has 1 heterocycles. The highest BCUT2D eigenvalue weighted by Gasteiger charge is 2.12. The minimum atomic E-state index is -1.01. The quantitative estimate of drug-likeness (QED) is 0.797. The van der Waals surface area contributed by atoms with Crippen LogP contribution in [0.1, 0.15) is 16.8 Å². The highest BCUT2D eigenvalue weighted by Crippen LogP contribution is 2.17. The summed E-state index contributed by atoms with van der Waals surface area (Å²) in [6.07, 6.45) is 3.20. The number of hydrogen-bond donors (Lipinski definition) is 1. The maximum atomic E-state index is 10.9. The molecule has 0 aliphatic carbocycles. The molecule has 5 nitrogen and oxygen atoms in total. The van der Waals surface area contributed by atoms with E-state index < -0.39 is 5.97 Å². The first-order valence-electron chi connectivity index (χ1n) is 4.42. The molecule has 0 aliphatic rings. The number of carbonyl (C=O) groups is 1. The van der Waals surface area contributed by atoms with Gasteiger partial charge < -0.3 is 10.0 Å². The predicted molar refractivity (Wildman–Crippen MR) is 54.7 cm³/mol. The minimum Gasteiger partial charge on any atom is -0.478 e. The fourth-order valence-corrected chi connectivity index (χ4v) is 1.22. The second kappa shape index (κ2) is 4.96. The normalized spacial score (nSPS) is 9.33. The highest BCUT2D eigenvalue weighted by molar-refractivity contribution is 5.93. The van der Waals surface area contributed by atoms with E-state index in [2.05, 4.69) is 4.98 Å². The summed E-state index contributed by atoms with van der Waals surface area (Å²) in [4.78, 5) is 16.4. The van der Waals surface area contributed by atoms with Gasteiger partial charge in [0.2, 0.25) is 0 Å². The molecule has 0 spiro atoms. The SMILES string of the molecule is CN(CCC#N)c1ccncc1C(=O)O. The number of carboxylic acids is 1. The van der Waals surface area contributed by atoms with Crippen molar-refractivity contribution >= 4 is 11.7 Å². The molecule has 0 atom stereocenters. The molecule has 0 radical (unpaired) electrons. The Hall–Kier alpha value is -2.09. The Morgan fingerprint density at radius 2 is 2.47 bits per heavy atom. The van der Waals surface area contributed by atoms with Crippen molar-refractivity contribution in [2.24, 2.45) is 0 Å². The average Bonchev–Trinajstić information content (AvgIpc) is 2.25. The van der Waals surface area contributed by atoms with E-state index in [1.54, 1.807) is 18.0 Å². The molecule has 0 fully saturated rings. The van der Waals surface area contributed by atoms with Crippen molar-refractivity contribution in [3.05, 3.63) is 24.0 Å². The Morgan fingerprint density at radius 1 is 1.73 bits per heavy atom. The Balaban J connectivity index is 2.93. The first kappa shape index (κ1) is 11.0. The zero-order chi connectivity index (χ0) is 11.3. The first-order valence-corrected chi connectivity index (χ1v) is 4.42. The number of nitrogens with zero attached hydrogens (tertiary/aromatic N) is 3. The first-order chi connectivity index (χ1) is 7.16. The zero-order valence-corrected chi connectivity index (χ0v) is 8.34. The molecule has 0 amide bonds. The van der Waals surface area contributed by atoms with Crippen molar-refractivity contribution in [3.63, 3.8) is 0 Å². The van der Waals surface area contributed by atoms with Gasteiger partial charge in [-0.3, -0.25) is 4.98 Å². The van der Waals surface area contributed by atoms with Gasteiger partial charge in [-0.05, 0) is 6.07 Å². The lowest BCUT2D eigenvalue weighted by molar-refractivity contribution is 0.0697. The minimum absolute atomic E-state index is 0.151. The van der Waals surface area contributed by atoms with E-state index in [1.165, 1.54) is 12.4 Å². The summed E-state index contributed by atoms with van der Waals surface area (Å²) in [6, 6.07) is 3.64. The van der Waals surface area contributed by atoms with Crippen LogP contribution in [0.25, 0.3) is 0 Å². The van der Waals surface area contributed by atoms with Crippen LogP contribution in [0.15, 0.2) is 18.5 Å². The fourth-order valence-electron chi connectivity index (χ4n) is 1.22. The summed E-state index contributed by atoms with van der Waals surface area (Å²) < 4.78 is 0. The van der Waals surface area contributed by atoms with Crippen LogP contribution in [-0.4, -0.2) is 29.7 Å². The van der Waals surface area contributed by atoms with Gasteiger partial charge in [-0.25, -0.2) is 4.79 Å². The lowest BCUT2D eigenvalue weighted by Gasteiger charge is -2.19. The van der Waals surface area contributed by atoms with Crippen LogP contribution < -0.4 is 4.90 Å². The number of pyridine rings is 1. The molecule has 1 rings (SSSR count). The van der Waals surface area contributed by atoms with Crippen molar-refractivity contribution in [3.8, 4) is 6.07 Å². The van der Waals surface area contributed by atoms with Crippen LogP contribution in [-0.2, 0) is 0 Å². The van der Waals surface area contributed by atoms with Crippen molar-refractivity contribution in [2.75, 3.05) is 18.5 Å². The van der Waals surface area contributed by atoms with Crippen LogP contribution >= 0.6 is 0 Å². The summed E-state index contributed by atoms with van der Waals surface area (Å²) in [7, 11) is 1.75. The van der Waals surface area contributed by atoms with E-state index in [0.717, 1.165) is 0 Å². The van der Waals surface area contributed by atoms with Gasteiger partial charge in [-0.15, -0.1) is 0 Å². The number of nitriles is 1. The van der Waals surface area contributed by atoms with E-state index >= 15 is 0 Å². The number of anilines is 1. The van der Waals surface area contributed by atoms with Crippen LogP contribution in [0.3, 0.4) is 0 Å². The van der Waals surface area contributed by atoms with Crippen molar-refractivity contribution < 1.29 is 9.90 Å². The molecule has 78 valence electrons. The van der Waals surface area contributed by atoms with E-state index in [0.29, 0.717) is 18.7 Å². The van der Waals surface area contributed by atoms with E-state index in [1.807, 2.05) is 6.07 Å². The van der Waals surface area contributed by atoms with Gasteiger partial charge in [0.15, 0.2) is 0 Å². The largest absolute Gasteiger partial charge is 0.478 e. The second-order valence-electron chi connectivity index (χ2n) is 3.03. The van der Waals surface area contributed by atoms with Gasteiger partial charge in [0, 0.05) is 26.0 Å². The average molecular weight is 205 g/mol. The van der Waals surface area contributed by atoms with Crippen molar-refractivity contribution in [1.29, 1.82) is 5.26 Å². The monoisotopic (exact) mass is 205 g/mol. The van der Waals surface area contributed by atoms with Crippen LogP contribution in [0, 0.1) is 11.3 Å². The van der Waals surface area contributed by atoms with Gasteiger partial charge in [-0.2, -0.15) is 5.26 Å². The number of rotatable bonds is 4. The third-order valence-corrected chi connectivity index (χ3v) is 2.00. The fraction of sp³-hybridized carbons (Fsp3) is 0.300. The summed E-state index contributed by atoms with van der Waals surface area (Å²) >= 11 is 0. The Labute approximate surface area is 87.6 Å². The van der Waals surface area contributed by atoms with Gasteiger partial charge in [0.1, 0.15) is 5.56 Å². The molecule has 1 aromatic rings. The highest BCUT2D eigenvalue weighted by atomic mass is 16.4. The summed E-state index contributed by atoms with van der Waals surface area (Å²) in [5.41, 5.74) is 0.727. The molecule has 0 aliphatic heterocycles. The molecule has 1 N–H and O–H groups in total. The van der Waals surface area contributed by atoms with E-state index in [4.69, 9.17) is 10.4 Å². The van der Waals surface area contributed by atoms with Gasteiger partial charge in [-0.1, -0.05) is 0 Å². The Bertz CT molecular complexity index is 398. The van der Waals surface area contributed by atoms with E-state index in [9.17, 15) is 4.79 Å². The molecule has 0 saturated heterocycles. The third-order valence-electron chi connectivity index (χ3n) is 2.00. The maximum absolute atomic E-state index is 10.9. The molecule has 15 heavy (non-hydrogen) atoms.